The number of benzene rings is 1. The highest BCUT2D eigenvalue weighted by atomic mass is 16.5. The lowest BCUT2D eigenvalue weighted by molar-refractivity contribution is -0.212. The van der Waals surface area contributed by atoms with Gasteiger partial charge in [0, 0.05) is 36.0 Å². The Hall–Kier alpha value is -2.94. The van der Waals surface area contributed by atoms with Crippen LogP contribution in [0.2, 0.25) is 0 Å². The largest absolute Gasteiger partial charge is 0.497 e. The van der Waals surface area contributed by atoms with Crippen molar-refractivity contribution in [1.82, 2.24) is 9.88 Å². The predicted octanol–water partition coefficient (Wildman–Crippen LogP) is 11.6. The molecule has 2 N–H and O–H groups in total. The van der Waals surface area contributed by atoms with Gasteiger partial charge >= 0.3 is 0 Å². The average molecular weight is 871 g/mol. The normalized spacial score (nSPS) is 32.1. The van der Waals surface area contributed by atoms with E-state index in [1.165, 1.54) is 6.42 Å². The monoisotopic (exact) mass is 871 g/mol. The number of piperidine rings is 3. The molecule has 3 aliphatic heterocycles. The molecule has 3 unspecified atom stereocenters. The molecule has 5 fully saturated rings. The molecule has 2 aromatic rings. The fourth-order valence-corrected chi connectivity index (χ4v) is 12.5. The highest BCUT2D eigenvalue weighted by Crippen LogP contribution is 2.68. The lowest BCUT2D eigenvalue weighted by Crippen LogP contribution is -2.76. The first-order chi connectivity index (χ1) is 29.7. The van der Waals surface area contributed by atoms with Gasteiger partial charge in [0.15, 0.2) is 17.3 Å². The number of aliphatic hydroxyl groups is 2. The summed E-state index contributed by atoms with van der Waals surface area (Å²) in [5.74, 6) is 2.34. The fraction of sp³-hybridized carbons (Fsp3) is 0.745. The summed E-state index contributed by atoms with van der Waals surface area (Å²) in [5.41, 5.74) is -1.51. The van der Waals surface area contributed by atoms with E-state index in [2.05, 4.69) is 84.9 Å². The summed E-state index contributed by atoms with van der Waals surface area (Å²) in [6.45, 7) is 29.4. The lowest BCUT2D eigenvalue weighted by Gasteiger charge is -2.65. The fourth-order valence-electron chi connectivity index (χ4n) is 12.5. The van der Waals surface area contributed by atoms with Gasteiger partial charge < -0.3 is 14.9 Å². The molecule has 4 bridgehead atoms. The third-order valence-electron chi connectivity index (χ3n) is 16.3. The molecular formula is C55H86N2O6. The first kappa shape index (κ1) is 51.1. The van der Waals surface area contributed by atoms with Crippen molar-refractivity contribution < 1.29 is 29.3 Å². The maximum atomic E-state index is 15.1. The van der Waals surface area contributed by atoms with Crippen molar-refractivity contribution in [3.63, 3.8) is 0 Å². The Balaban J connectivity index is 0.000000263. The second kappa shape index (κ2) is 21.1. The molecule has 8 nitrogen and oxygen atoms in total. The van der Waals surface area contributed by atoms with Gasteiger partial charge in [0.25, 0.3) is 0 Å². The Morgan fingerprint density at radius 1 is 0.937 bits per heavy atom. The molecule has 0 radical (unpaired) electrons. The highest BCUT2D eigenvalue weighted by molar-refractivity contribution is 6.22. The van der Waals surface area contributed by atoms with Crippen LogP contribution in [-0.4, -0.2) is 69.8 Å². The molecule has 7 rings (SSSR count). The average Bonchev–Trinajstić information content (AvgIpc) is 3.24. The molecule has 3 saturated heterocycles. The van der Waals surface area contributed by atoms with Crippen molar-refractivity contribution in [2.75, 3.05) is 20.2 Å². The van der Waals surface area contributed by atoms with Crippen molar-refractivity contribution in [2.45, 2.75) is 171 Å². The highest BCUT2D eigenvalue weighted by Gasteiger charge is 2.77. The number of fused-ring (bicyclic) bond motifs is 6. The molecule has 5 aliphatic rings. The Morgan fingerprint density at radius 3 is 2.16 bits per heavy atom. The molecular weight excluding hydrogens is 785 g/mol. The van der Waals surface area contributed by atoms with Gasteiger partial charge in [-0.15, -0.1) is 6.58 Å². The number of nitrogens with zero attached hydrogens (tertiary/aromatic N) is 2. The van der Waals surface area contributed by atoms with E-state index in [1.54, 1.807) is 13.3 Å². The molecule has 1 aromatic heterocycles. The number of hydrogen-bond acceptors (Lipinski definition) is 8. The smallest absolute Gasteiger partial charge is 0.163 e. The predicted molar refractivity (Wildman–Crippen MR) is 256 cm³/mol. The standard InChI is InChI=1S/C35H62O4.C20H24N2O2/c1-22(2)13-12-19-33(11)27(16-14-23(3)4)21-34(20-18-25(7)8)30(37)28(17-15-24(5)6)31(38)35(33,32(34)39)29(36)26(9)10;1-3-13-12-22-9-7-14(13)10-19(22)20(23)16-6-8-21-18-5-4-15(24-2)11-17(16)18/h22-28,31,38H,12-21H2,1-11H3;3-6,8,11,13-14,19-20,23H,1,7,9-10,12H2,2H3/t27-,28?,31?,33+,34+,35-;13-,14-,19+,20-/m10/s1. The number of carbonyl (C=O) groups excluding carboxylic acids is 3. The van der Waals surface area contributed by atoms with Crippen LogP contribution in [0.25, 0.3) is 10.9 Å². The summed E-state index contributed by atoms with van der Waals surface area (Å²) in [5, 5.41) is 24.5. The summed E-state index contributed by atoms with van der Waals surface area (Å²) < 4.78 is 5.35. The maximum absolute atomic E-state index is 15.1. The molecule has 352 valence electrons. The van der Waals surface area contributed by atoms with E-state index < -0.39 is 40.3 Å². The quantitative estimate of drug-likeness (QED) is 0.106. The van der Waals surface area contributed by atoms with Crippen molar-refractivity contribution in [1.29, 1.82) is 0 Å². The topological polar surface area (TPSA) is 117 Å². The van der Waals surface area contributed by atoms with E-state index in [1.807, 2.05) is 38.1 Å². The molecule has 2 aliphatic carbocycles. The SMILES string of the molecule is C=C[C@H]1CN2CC[C@H]1C[C@@H]2[C@@H](O)c1ccnc2ccc(OC)cc12.CC(C)CCC[C@@]1(C)[C@H](CCC(C)C)C[C@@]2(CCC(C)C)C(=O)C(CCC(C)C)C(O)[C@]1(C(=O)C(C)C)C2=O. The van der Waals surface area contributed by atoms with Crippen LogP contribution in [0, 0.1) is 69.5 Å². The minimum Gasteiger partial charge on any atom is -0.497 e. The molecule has 4 heterocycles. The Kier molecular flexibility index (Phi) is 17.1. The van der Waals surface area contributed by atoms with Crippen LogP contribution in [0.3, 0.4) is 0 Å². The van der Waals surface area contributed by atoms with E-state index in [9.17, 15) is 19.8 Å². The second-order valence-corrected chi connectivity index (χ2v) is 22.6. The molecule has 0 spiro atoms. The number of aromatic nitrogens is 1. The van der Waals surface area contributed by atoms with Crippen LogP contribution in [0.1, 0.15) is 165 Å². The zero-order valence-corrected chi connectivity index (χ0v) is 41.4. The van der Waals surface area contributed by atoms with E-state index in [0.29, 0.717) is 54.8 Å². The first-order valence-corrected chi connectivity index (χ1v) is 25.0. The minimum atomic E-state index is -1.52. The number of pyridine rings is 1. The summed E-state index contributed by atoms with van der Waals surface area (Å²) in [7, 11) is 1.66. The number of rotatable bonds is 19. The molecule has 11 atom stereocenters. The van der Waals surface area contributed by atoms with Crippen LogP contribution >= 0.6 is 0 Å². The van der Waals surface area contributed by atoms with Gasteiger partial charge in [0.05, 0.1) is 30.2 Å². The van der Waals surface area contributed by atoms with Crippen LogP contribution in [0.5, 0.6) is 5.75 Å². The molecule has 8 heteroatoms. The third-order valence-corrected chi connectivity index (χ3v) is 16.3. The number of aliphatic hydroxyl groups excluding tert-OH is 2. The Labute approximate surface area is 381 Å². The molecule has 2 saturated carbocycles. The number of Topliss-reactive ketones (excluding diaryl/α,β-unsaturated/α-hetero) is 3. The van der Waals surface area contributed by atoms with E-state index in [0.717, 1.165) is 86.7 Å². The van der Waals surface area contributed by atoms with Gasteiger partial charge in [-0.3, -0.25) is 24.3 Å². The number of methoxy groups -OCH3 is 1. The van der Waals surface area contributed by atoms with Crippen LogP contribution in [0.4, 0.5) is 0 Å². The van der Waals surface area contributed by atoms with Gasteiger partial charge in [-0.05, 0) is 135 Å². The lowest BCUT2D eigenvalue weighted by atomic mass is 9.35. The summed E-state index contributed by atoms with van der Waals surface area (Å²) >= 11 is 0. The Morgan fingerprint density at radius 2 is 1.59 bits per heavy atom. The van der Waals surface area contributed by atoms with E-state index >= 15 is 4.79 Å². The Bertz CT molecular complexity index is 1890. The molecule has 63 heavy (non-hydrogen) atoms. The summed E-state index contributed by atoms with van der Waals surface area (Å²) in [4.78, 5) is 51.1. The van der Waals surface area contributed by atoms with Gasteiger partial charge in [0.2, 0.25) is 0 Å². The van der Waals surface area contributed by atoms with Crippen LogP contribution < -0.4 is 4.74 Å². The van der Waals surface area contributed by atoms with Crippen molar-refractivity contribution in [3.05, 3.63) is 48.7 Å². The maximum Gasteiger partial charge on any atom is 0.163 e. The third kappa shape index (κ3) is 10.1. The van der Waals surface area contributed by atoms with Gasteiger partial charge in [-0.2, -0.15) is 0 Å². The number of ketones is 3. The first-order valence-electron chi connectivity index (χ1n) is 25.0. The van der Waals surface area contributed by atoms with Gasteiger partial charge in [0.1, 0.15) is 11.2 Å². The van der Waals surface area contributed by atoms with Crippen molar-refractivity contribution >= 4 is 28.3 Å². The van der Waals surface area contributed by atoms with Crippen molar-refractivity contribution in [3.8, 4) is 5.75 Å². The van der Waals surface area contributed by atoms with Gasteiger partial charge in [-0.25, -0.2) is 0 Å². The summed E-state index contributed by atoms with van der Waals surface area (Å²) in [6.07, 6.45) is 12.1. The minimum absolute atomic E-state index is 0.0456. The number of hydrogen-bond donors (Lipinski definition) is 2. The van der Waals surface area contributed by atoms with E-state index in [4.69, 9.17) is 4.74 Å². The number of carbonyl (C=O) groups is 3. The van der Waals surface area contributed by atoms with Crippen LogP contribution in [-0.2, 0) is 14.4 Å². The van der Waals surface area contributed by atoms with Crippen molar-refractivity contribution in [2.24, 2.45) is 69.5 Å². The molecule has 1 aromatic carbocycles. The van der Waals surface area contributed by atoms with Gasteiger partial charge in [-0.1, -0.05) is 108 Å². The zero-order valence-electron chi connectivity index (χ0n) is 41.4. The van der Waals surface area contributed by atoms with Crippen LogP contribution in [0.15, 0.2) is 43.1 Å². The zero-order chi connectivity index (χ0) is 46.6. The second-order valence-electron chi connectivity index (χ2n) is 22.6. The van der Waals surface area contributed by atoms with E-state index in [-0.39, 0.29) is 29.3 Å². The number of ether oxygens (including phenoxy) is 1. The summed E-state index contributed by atoms with van der Waals surface area (Å²) in [6, 6.07) is 7.96. The molecule has 0 amide bonds.